The van der Waals surface area contributed by atoms with Gasteiger partial charge >= 0.3 is 23.9 Å². The maximum atomic E-state index is 12.9. The largest absolute Gasteiger partial charge is 0.459 e. The number of amides is 2. The molecule has 0 radical (unpaired) electrons. The van der Waals surface area contributed by atoms with Crippen LogP contribution in [0.5, 0.6) is 0 Å². The first-order valence-electron chi connectivity index (χ1n) is 13.4. The maximum Gasteiger partial charge on any atom is 0.326 e. The highest BCUT2D eigenvalue weighted by Crippen LogP contribution is 2.11. The fraction of sp³-hybridized carbons (Fsp3) is 0.786. The summed E-state index contributed by atoms with van der Waals surface area (Å²) in [6.07, 6.45) is 0. The zero-order valence-electron chi connectivity index (χ0n) is 26.7. The molecule has 41 heavy (non-hydrogen) atoms. The van der Waals surface area contributed by atoms with E-state index in [0.717, 1.165) is 9.80 Å². The lowest BCUT2D eigenvalue weighted by atomic mass is 10.2. The molecule has 0 spiro atoms. The third-order valence-corrected chi connectivity index (χ3v) is 4.22. The predicted octanol–water partition coefficient (Wildman–Crippen LogP) is 1.60. The highest BCUT2D eigenvalue weighted by Gasteiger charge is 2.28. The topological polar surface area (TPSA) is 158 Å². The predicted molar refractivity (Wildman–Crippen MR) is 149 cm³/mol. The SMILES string of the molecule is CC(C)(C)OC(=O)CN(CC(=O)OC(C)(C)C)C(=O)CNCC(=O)N(CC(=O)OC(C)(C)C)CC(=O)OC(C)(C)C. The summed E-state index contributed by atoms with van der Waals surface area (Å²) < 4.78 is 21.1. The van der Waals surface area contributed by atoms with E-state index in [4.69, 9.17) is 18.9 Å². The number of esters is 4. The molecule has 236 valence electrons. The van der Waals surface area contributed by atoms with Gasteiger partial charge in [0.15, 0.2) is 0 Å². The first-order chi connectivity index (χ1) is 18.3. The van der Waals surface area contributed by atoms with Crippen LogP contribution in [0.1, 0.15) is 83.1 Å². The van der Waals surface area contributed by atoms with Crippen molar-refractivity contribution in [1.82, 2.24) is 15.1 Å². The minimum absolute atomic E-state index is 0.440. The van der Waals surface area contributed by atoms with Gasteiger partial charge in [-0.15, -0.1) is 0 Å². The second-order valence-electron chi connectivity index (χ2n) is 13.4. The summed E-state index contributed by atoms with van der Waals surface area (Å²) in [5.74, 6) is -4.28. The van der Waals surface area contributed by atoms with Crippen molar-refractivity contribution in [2.45, 2.75) is 105 Å². The van der Waals surface area contributed by atoms with Gasteiger partial charge in [-0.25, -0.2) is 0 Å². The van der Waals surface area contributed by atoms with Crippen LogP contribution in [0.4, 0.5) is 0 Å². The summed E-state index contributed by atoms with van der Waals surface area (Å²) in [5.41, 5.74) is -3.25. The Labute approximate surface area is 243 Å². The van der Waals surface area contributed by atoms with Crippen LogP contribution >= 0.6 is 0 Å². The van der Waals surface area contributed by atoms with Crippen LogP contribution in [0.2, 0.25) is 0 Å². The summed E-state index contributed by atoms with van der Waals surface area (Å²) in [7, 11) is 0. The molecular weight excluding hydrogens is 538 g/mol. The van der Waals surface area contributed by atoms with Crippen LogP contribution in [0.25, 0.3) is 0 Å². The molecule has 13 heteroatoms. The molecule has 0 fully saturated rings. The first-order valence-corrected chi connectivity index (χ1v) is 13.4. The zero-order valence-corrected chi connectivity index (χ0v) is 26.7. The number of nitrogens with one attached hydrogen (secondary N) is 1. The quantitative estimate of drug-likeness (QED) is 0.261. The molecule has 0 aliphatic carbocycles. The summed E-state index contributed by atoms with van der Waals surface area (Å²) in [4.78, 5) is 77.3. The van der Waals surface area contributed by atoms with E-state index in [2.05, 4.69) is 5.32 Å². The summed E-state index contributed by atoms with van der Waals surface area (Å²) in [6, 6.07) is 0. The lowest BCUT2D eigenvalue weighted by Crippen LogP contribution is -2.49. The third kappa shape index (κ3) is 20.3. The number of carbonyl (C=O) groups excluding carboxylic acids is 6. The van der Waals surface area contributed by atoms with Gasteiger partial charge in [-0.3, -0.25) is 34.1 Å². The van der Waals surface area contributed by atoms with Crippen LogP contribution in [0.15, 0.2) is 0 Å². The van der Waals surface area contributed by atoms with Crippen molar-refractivity contribution < 1.29 is 47.7 Å². The van der Waals surface area contributed by atoms with Crippen molar-refractivity contribution >= 4 is 35.7 Å². The monoisotopic (exact) mass is 587 g/mol. The van der Waals surface area contributed by atoms with Gasteiger partial charge in [0.25, 0.3) is 0 Å². The molecule has 13 nitrogen and oxygen atoms in total. The Morgan fingerprint density at radius 1 is 0.439 bits per heavy atom. The van der Waals surface area contributed by atoms with E-state index in [1.165, 1.54) is 0 Å². The van der Waals surface area contributed by atoms with Gasteiger partial charge in [-0.2, -0.15) is 0 Å². The molecule has 0 saturated carbocycles. The Bertz CT molecular complexity index is 814. The smallest absolute Gasteiger partial charge is 0.326 e. The van der Waals surface area contributed by atoms with E-state index in [1.54, 1.807) is 83.1 Å². The van der Waals surface area contributed by atoms with Crippen molar-refractivity contribution in [2.24, 2.45) is 0 Å². The Morgan fingerprint density at radius 2 is 0.634 bits per heavy atom. The molecule has 0 aliphatic rings. The first kappa shape index (κ1) is 37.8. The van der Waals surface area contributed by atoms with Crippen molar-refractivity contribution in [3.63, 3.8) is 0 Å². The molecule has 0 aromatic rings. The molecule has 0 aromatic carbocycles. The van der Waals surface area contributed by atoms with E-state index < -0.39 is 97.4 Å². The molecule has 0 saturated heterocycles. The van der Waals surface area contributed by atoms with Crippen molar-refractivity contribution in [2.75, 3.05) is 39.3 Å². The number of hydrogen-bond acceptors (Lipinski definition) is 11. The number of nitrogens with zero attached hydrogens (tertiary/aromatic N) is 2. The van der Waals surface area contributed by atoms with E-state index in [0.29, 0.717) is 0 Å². The molecule has 0 rings (SSSR count). The van der Waals surface area contributed by atoms with Gasteiger partial charge in [0.2, 0.25) is 11.8 Å². The van der Waals surface area contributed by atoms with Gasteiger partial charge in [0.05, 0.1) is 13.1 Å². The normalized spacial score (nSPS) is 12.2. The van der Waals surface area contributed by atoms with Crippen LogP contribution in [-0.4, -0.2) is 107 Å². The minimum atomic E-state index is -0.811. The molecule has 0 unspecified atom stereocenters. The Hall–Kier alpha value is -3.22. The number of hydrogen-bond donors (Lipinski definition) is 1. The second kappa shape index (κ2) is 15.1. The Kier molecular flexibility index (Phi) is 13.9. The van der Waals surface area contributed by atoms with Crippen LogP contribution in [-0.2, 0) is 47.7 Å². The molecule has 0 heterocycles. The second-order valence-corrected chi connectivity index (χ2v) is 13.4. The third-order valence-electron chi connectivity index (χ3n) is 4.22. The van der Waals surface area contributed by atoms with Gasteiger partial charge in [0.1, 0.15) is 48.6 Å². The molecule has 2 amide bonds. The fourth-order valence-corrected chi connectivity index (χ4v) is 3.08. The van der Waals surface area contributed by atoms with E-state index in [1.807, 2.05) is 0 Å². The van der Waals surface area contributed by atoms with Gasteiger partial charge < -0.3 is 28.7 Å². The van der Waals surface area contributed by atoms with Gasteiger partial charge in [0, 0.05) is 0 Å². The van der Waals surface area contributed by atoms with Gasteiger partial charge in [-0.1, -0.05) is 0 Å². The minimum Gasteiger partial charge on any atom is -0.459 e. The van der Waals surface area contributed by atoms with Crippen molar-refractivity contribution in [1.29, 1.82) is 0 Å². The highest BCUT2D eigenvalue weighted by molar-refractivity contribution is 5.89. The van der Waals surface area contributed by atoms with Crippen molar-refractivity contribution in [3.8, 4) is 0 Å². The average molecular weight is 588 g/mol. The average Bonchev–Trinajstić information content (AvgIpc) is 2.66. The van der Waals surface area contributed by atoms with Gasteiger partial charge in [-0.05, 0) is 83.1 Å². The maximum absolute atomic E-state index is 12.9. The molecule has 1 N–H and O–H groups in total. The Morgan fingerprint density at radius 3 is 0.805 bits per heavy atom. The van der Waals surface area contributed by atoms with Crippen LogP contribution in [0, 0.1) is 0 Å². The molecule has 0 atom stereocenters. The summed E-state index contributed by atoms with van der Waals surface area (Å²) in [6.45, 7) is 17.0. The molecule has 0 aromatic heterocycles. The van der Waals surface area contributed by atoms with E-state index >= 15 is 0 Å². The molecular formula is C28H49N3O10. The number of ether oxygens (including phenoxy) is 4. The van der Waals surface area contributed by atoms with Crippen LogP contribution < -0.4 is 5.32 Å². The summed E-state index contributed by atoms with van der Waals surface area (Å²) in [5, 5.41) is 2.64. The standard InChI is InChI=1S/C28H49N3O10/c1-25(2,3)38-21(34)15-30(16-22(35)39-26(4,5)6)19(32)13-29-14-20(33)31(17-23(36)40-27(7,8)9)18-24(37)41-28(10,11)12/h29H,13-18H2,1-12H3. The molecule has 0 bridgehead atoms. The van der Waals surface area contributed by atoms with E-state index in [9.17, 15) is 28.8 Å². The number of rotatable bonds is 12. The van der Waals surface area contributed by atoms with E-state index in [-0.39, 0.29) is 0 Å². The lowest BCUT2D eigenvalue weighted by Gasteiger charge is -2.27. The highest BCUT2D eigenvalue weighted by atomic mass is 16.6. The zero-order chi connectivity index (χ0) is 32.4. The van der Waals surface area contributed by atoms with Crippen molar-refractivity contribution in [3.05, 3.63) is 0 Å². The lowest BCUT2D eigenvalue weighted by molar-refractivity contribution is -0.164. The summed E-state index contributed by atoms with van der Waals surface area (Å²) >= 11 is 0. The number of carbonyl (C=O) groups is 6. The fourth-order valence-electron chi connectivity index (χ4n) is 3.08. The Balaban J connectivity index is 5.49. The van der Waals surface area contributed by atoms with Crippen LogP contribution in [0.3, 0.4) is 0 Å². The molecule has 0 aliphatic heterocycles.